The molecule has 94 valence electrons. The minimum absolute atomic E-state index is 0.125. The molecule has 1 amide bonds. The maximum absolute atomic E-state index is 12.5. The summed E-state index contributed by atoms with van der Waals surface area (Å²) in [6.45, 7) is 0.917. The van der Waals surface area contributed by atoms with Gasteiger partial charge in [-0.3, -0.25) is 4.79 Å². The maximum atomic E-state index is 12.5. The number of benzene rings is 1. The summed E-state index contributed by atoms with van der Waals surface area (Å²) >= 11 is 4.95. The van der Waals surface area contributed by atoms with Gasteiger partial charge < -0.3 is 10.6 Å². The van der Waals surface area contributed by atoms with E-state index < -0.39 is 0 Å². The van der Waals surface area contributed by atoms with Gasteiger partial charge in [0.1, 0.15) is 4.99 Å². The van der Waals surface area contributed by atoms with Crippen molar-refractivity contribution in [3.05, 3.63) is 35.4 Å². The van der Waals surface area contributed by atoms with Gasteiger partial charge >= 0.3 is 0 Å². The normalized spacial score (nSPS) is 25.4. The average Bonchev–Trinajstić information content (AvgIpc) is 3.00. The zero-order valence-electron chi connectivity index (χ0n) is 10.1. The Morgan fingerprint density at radius 2 is 2.11 bits per heavy atom. The Labute approximate surface area is 112 Å². The average molecular weight is 260 g/mol. The lowest BCUT2D eigenvalue weighted by atomic mass is 10.1. The number of likely N-dealkylation sites (tertiary alicyclic amines) is 1. The molecule has 1 aromatic rings. The van der Waals surface area contributed by atoms with Crippen LogP contribution >= 0.6 is 12.2 Å². The molecular weight excluding hydrogens is 244 g/mol. The molecule has 1 aliphatic carbocycles. The fourth-order valence-corrected chi connectivity index (χ4v) is 3.27. The summed E-state index contributed by atoms with van der Waals surface area (Å²) in [5.41, 5.74) is 7.07. The quantitative estimate of drug-likeness (QED) is 0.827. The third-order valence-corrected chi connectivity index (χ3v) is 4.30. The zero-order chi connectivity index (χ0) is 12.7. The maximum Gasteiger partial charge on any atom is 0.254 e. The van der Waals surface area contributed by atoms with Crippen molar-refractivity contribution >= 4 is 23.1 Å². The van der Waals surface area contributed by atoms with E-state index in [0.717, 1.165) is 24.4 Å². The Morgan fingerprint density at radius 3 is 2.72 bits per heavy atom. The summed E-state index contributed by atoms with van der Waals surface area (Å²) in [6.07, 6.45) is 3.62. The molecule has 1 saturated carbocycles. The van der Waals surface area contributed by atoms with Crippen LogP contribution in [0.1, 0.15) is 35.2 Å². The van der Waals surface area contributed by atoms with Gasteiger partial charge in [0.15, 0.2) is 0 Å². The molecule has 2 fully saturated rings. The molecule has 1 heterocycles. The fourth-order valence-electron chi connectivity index (χ4n) is 3.14. The highest BCUT2D eigenvalue weighted by Crippen LogP contribution is 2.38. The van der Waals surface area contributed by atoms with E-state index in [1.807, 2.05) is 23.1 Å². The smallest absolute Gasteiger partial charge is 0.254 e. The molecule has 2 N–H and O–H groups in total. The van der Waals surface area contributed by atoms with Crippen LogP contribution in [0.5, 0.6) is 0 Å². The van der Waals surface area contributed by atoms with E-state index in [-0.39, 0.29) is 5.91 Å². The Hall–Kier alpha value is -1.42. The van der Waals surface area contributed by atoms with Crippen LogP contribution in [-0.2, 0) is 0 Å². The second-order valence-electron chi connectivity index (χ2n) is 5.24. The molecule has 0 spiro atoms. The van der Waals surface area contributed by atoms with E-state index in [9.17, 15) is 4.79 Å². The number of nitrogens with two attached hydrogens (primary N) is 1. The number of hydrogen-bond acceptors (Lipinski definition) is 2. The first-order chi connectivity index (χ1) is 8.65. The largest absolute Gasteiger partial charge is 0.389 e. The number of piperidine rings is 1. The van der Waals surface area contributed by atoms with Crippen molar-refractivity contribution in [3.63, 3.8) is 0 Å². The van der Waals surface area contributed by atoms with Crippen LogP contribution in [0.3, 0.4) is 0 Å². The first kappa shape index (κ1) is 11.7. The van der Waals surface area contributed by atoms with E-state index in [1.165, 1.54) is 12.8 Å². The van der Waals surface area contributed by atoms with Crippen LogP contribution in [0.2, 0.25) is 0 Å². The molecular formula is C14H16N2OS. The minimum atomic E-state index is 0.125. The number of amides is 1. The van der Waals surface area contributed by atoms with Gasteiger partial charge in [-0.15, -0.1) is 0 Å². The SMILES string of the molecule is NC(=S)c1cccc(C(=O)N2CC3CCC2C3)c1. The Morgan fingerprint density at radius 1 is 1.33 bits per heavy atom. The predicted octanol–water partition coefficient (Wildman–Crippen LogP) is 1.95. The van der Waals surface area contributed by atoms with Crippen molar-refractivity contribution in [1.82, 2.24) is 4.90 Å². The van der Waals surface area contributed by atoms with E-state index >= 15 is 0 Å². The highest BCUT2D eigenvalue weighted by molar-refractivity contribution is 7.80. The van der Waals surface area contributed by atoms with Gasteiger partial charge in [0.2, 0.25) is 0 Å². The molecule has 18 heavy (non-hydrogen) atoms. The Kier molecular flexibility index (Phi) is 2.82. The number of rotatable bonds is 2. The van der Waals surface area contributed by atoms with Crippen molar-refractivity contribution in [3.8, 4) is 0 Å². The number of carbonyl (C=O) groups is 1. The molecule has 1 saturated heterocycles. The summed E-state index contributed by atoms with van der Waals surface area (Å²) in [5, 5.41) is 0. The molecule has 2 unspecified atom stereocenters. The van der Waals surface area contributed by atoms with Crippen LogP contribution in [0.25, 0.3) is 0 Å². The zero-order valence-corrected chi connectivity index (χ0v) is 11.0. The second kappa shape index (κ2) is 4.35. The van der Waals surface area contributed by atoms with Crippen LogP contribution in [-0.4, -0.2) is 28.4 Å². The van der Waals surface area contributed by atoms with Gasteiger partial charge in [-0.1, -0.05) is 24.4 Å². The monoisotopic (exact) mass is 260 g/mol. The van der Waals surface area contributed by atoms with Gasteiger partial charge in [0.05, 0.1) is 0 Å². The molecule has 2 atom stereocenters. The lowest BCUT2D eigenvalue weighted by Gasteiger charge is -2.27. The number of carbonyl (C=O) groups excluding carboxylic acids is 1. The molecule has 1 aliphatic heterocycles. The molecule has 3 rings (SSSR count). The highest BCUT2D eigenvalue weighted by Gasteiger charge is 2.40. The standard InChI is InChI=1S/C14H16N2OS/c15-13(18)10-2-1-3-11(7-10)14(17)16-8-9-4-5-12(16)6-9/h1-3,7,9,12H,4-6,8H2,(H2,15,18). The Bertz CT molecular complexity index is 514. The lowest BCUT2D eigenvalue weighted by Crippen LogP contribution is -2.37. The van der Waals surface area contributed by atoms with Crippen molar-refractivity contribution < 1.29 is 4.79 Å². The lowest BCUT2D eigenvalue weighted by molar-refractivity contribution is 0.0703. The molecule has 0 radical (unpaired) electrons. The van der Waals surface area contributed by atoms with Gasteiger partial charge in [-0.2, -0.15) is 0 Å². The fraction of sp³-hybridized carbons (Fsp3) is 0.429. The summed E-state index contributed by atoms with van der Waals surface area (Å²) in [7, 11) is 0. The van der Waals surface area contributed by atoms with Crippen molar-refractivity contribution in [2.45, 2.75) is 25.3 Å². The van der Waals surface area contributed by atoms with Crippen molar-refractivity contribution in [2.75, 3.05) is 6.54 Å². The van der Waals surface area contributed by atoms with Gasteiger partial charge in [0, 0.05) is 23.7 Å². The first-order valence-electron chi connectivity index (χ1n) is 6.36. The molecule has 3 nitrogen and oxygen atoms in total. The number of thiocarbonyl (C=S) groups is 1. The van der Waals surface area contributed by atoms with Crippen molar-refractivity contribution in [2.24, 2.45) is 11.7 Å². The number of nitrogens with zero attached hydrogens (tertiary/aromatic N) is 1. The van der Waals surface area contributed by atoms with E-state index in [0.29, 0.717) is 16.6 Å². The first-order valence-corrected chi connectivity index (χ1v) is 6.77. The third kappa shape index (κ3) is 1.90. The van der Waals surface area contributed by atoms with Gasteiger partial charge in [0.25, 0.3) is 5.91 Å². The number of fused-ring (bicyclic) bond motifs is 2. The molecule has 1 aromatic carbocycles. The van der Waals surface area contributed by atoms with E-state index in [4.69, 9.17) is 18.0 Å². The van der Waals surface area contributed by atoms with Crippen LogP contribution in [0.4, 0.5) is 0 Å². The van der Waals surface area contributed by atoms with Crippen molar-refractivity contribution in [1.29, 1.82) is 0 Å². The van der Waals surface area contributed by atoms with Gasteiger partial charge in [-0.25, -0.2) is 0 Å². The van der Waals surface area contributed by atoms with Gasteiger partial charge in [-0.05, 0) is 37.3 Å². The molecule has 4 heteroatoms. The molecule has 2 aliphatic rings. The highest BCUT2D eigenvalue weighted by atomic mass is 32.1. The molecule has 2 bridgehead atoms. The molecule has 0 aromatic heterocycles. The summed E-state index contributed by atoms with van der Waals surface area (Å²) in [6, 6.07) is 7.79. The minimum Gasteiger partial charge on any atom is -0.389 e. The van der Waals surface area contributed by atoms with Crippen LogP contribution in [0, 0.1) is 5.92 Å². The summed E-state index contributed by atoms with van der Waals surface area (Å²) < 4.78 is 0. The van der Waals surface area contributed by atoms with E-state index in [1.54, 1.807) is 6.07 Å². The van der Waals surface area contributed by atoms with Crippen LogP contribution < -0.4 is 5.73 Å². The van der Waals surface area contributed by atoms with E-state index in [2.05, 4.69) is 0 Å². The Balaban J connectivity index is 1.84. The third-order valence-electron chi connectivity index (χ3n) is 4.06. The van der Waals surface area contributed by atoms with Crippen LogP contribution in [0.15, 0.2) is 24.3 Å². The topological polar surface area (TPSA) is 46.3 Å². The summed E-state index contributed by atoms with van der Waals surface area (Å²) in [5.74, 6) is 0.845. The second-order valence-corrected chi connectivity index (χ2v) is 5.68. The summed E-state index contributed by atoms with van der Waals surface area (Å²) in [4.78, 5) is 14.8. The number of hydrogen-bond donors (Lipinski definition) is 1. The predicted molar refractivity (Wildman–Crippen MR) is 74.5 cm³/mol.